The standard InChI is InChI=1S/C15H22N2O.ClH/c1-11(16)15(18)17-14-9-7-13(8-10-14)12-5-3-2-4-6-12;/h2-6,11,13-14H,7-10,16H2,1H3,(H,17,18);1H/t11-,13?,14?;/m0./s1. The van der Waals surface area contributed by atoms with Crippen LogP contribution in [0.4, 0.5) is 0 Å². The first-order chi connectivity index (χ1) is 8.66. The predicted octanol–water partition coefficient (Wildman–Crippen LogP) is 2.60. The van der Waals surface area contributed by atoms with Gasteiger partial charge in [0.25, 0.3) is 0 Å². The van der Waals surface area contributed by atoms with Crippen molar-refractivity contribution in [2.45, 2.75) is 50.6 Å². The highest BCUT2D eigenvalue weighted by Gasteiger charge is 2.23. The highest BCUT2D eigenvalue weighted by molar-refractivity contribution is 5.85. The molecule has 1 aliphatic carbocycles. The van der Waals surface area contributed by atoms with Crippen LogP contribution in [0.25, 0.3) is 0 Å². The molecule has 1 saturated carbocycles. The van der Waals surface area contributed by atoms with E-state index >= 15 is 0 Å². The third-order valence-electron chi connectivity index (χ3n) is 3.76. The molecule has 3 N–H and O–H groups in total. The lowest BCUT2D eigenvalue weighted by atomic mass is 9.82. The first-order valence-corrected chi connectivity index (χ1v) is 6.77. The normalized spacial score (nSPS) is 24.1. The number of halogens is 1. The van der Waals surface area contributed by atoms with Crippen molar-refractivity contribution in [2.24, 2.45) is 5.73 Å². The van der Waals surface area contributed by atoms with Gasteiger partial charge < -0.3 is 11.1 Å². The quantitative estimate of drug-likeness (QED) is 0.895. The molecule has 0 saturated heterocycles. The molecule has 0 unspecified atom stereocenters. The summed E-state index contributed by atoms with van der Waals surface area (Å²) in [6.45, 7) is 1.73. The highest BCUT2D eigenvalue weighted by atomic mass is 35.5. The number of nitrogens with two attached hydrogens (primary N) is 1. The minimum atomic E-state index is -0.406. The van der Waals surface area contributed by atoms with E-state index in [-0.39, 0.29) is 18.3 Å². The lowest BCUT2D eigenvalue weighted by molar-refractivity contribution is -0.122. The summed E-state index contributed by atoms with van der Waals surface area (Å²) in [6.07, 6.45) is 4.40. The van der Waals surface area contributed by atoms with Gasteiger partial charge >= 0.3 is 0 Å². The van der Waals surface area contributed by atoms with Crippen LogP contribution in [0, 0.1) is 0 Å². The van der Waals surface area contributed by atoms with E-state index in [1.54, 1.807) is 6.92 Å². The van der Waals surface area contributed by atoms with E-state index in [2.05, 4.69) is 35.6 Å². The second-order valence-electron chi connectivity index (χ2n) is 5.26. The van der Waals surface area contributed by atoms with Crippen molar-refractivity contribution in [2.75, 3.05) is 0 Å². The number of hydrogen-bond donors (Lipinski definition) is 2. The molecule has 0 spiro atoms. The molecule has 1 amide bonds. The maximum Gasteiger partial charge on any atom is 0.236 e. The van der Waals surface area contributed by atoms with E-state index in [1.807, 2.05) is 0 Å². The molecule has 3 nitrogen and oxygen atoms in total. The van der Waals surface area contributed by atoms with Crippen LogP contribution in [-0.4, -0.2) is 18.0 Å². The molecule has 1 atom stereocenters. The summed E-state index contributed by atoms with van der Waals surface area (Å²) < 4.78 is 0. The zero-order valence-electron chi connectivity index (χ0n) is 11.3. The molecular formula is C15H23ClN2O. The summed E-state index contributed by atoms with van der Waals surface area (Å²) in [6, 6.07) is 10.5. The lowest BCUT2D eigenvalue weighted by Crippen LogP contribution is -2.45. The lowest BCUT2D eigenvalue weighted by Gasteiger charge is -2.29. The third-order valence-corrected chi connectivity index (χ3v) is 3.76. The SMILES string of the molecule is C[C@H](N)C(=O)NC1CCC(c2ccccc2)CC1.Cl. The summed E-state index contributed by atoms with van der Waals surface area (Å²) in [4.78, 5) is 11.5. The van der Waals surface area contributed by atoms with Gasteiger partial charge in [-0.2, -0.15) is 0 Å². The molecule has 0 radical (unpaired) electrons. The maximum atomic E-state index is 11.5. The van der Waals surface area contributed by atoms with Crippen LogP contribution in [0.3, 0.4) is 0 Å². The predicted molar refractivity (Wildman–Crippen MR) is 80.5 cm³/mol. The Bertz CT molecular complexity index is 386. The Kier molecular flexibility index (Phi) is 6.32. The molecule has 106 valence electrons. The van der Waals surface area contributed by atoms with Gasteiger partial charge in [-0.15, -0.1) is 12.4 Å². The molecule has 1 fully saturated rings. The molecule has 2 rings (SSSR count). The van der Waals surface area contributed by atoms with Crippen molar-refractivity contribution >= 4 is 18.3 Å². The van der Waals surface area contributed by atoms with Crippen LogP contribution < -0.4 is 11.1 Å². The zero-order valence-corrected chi connectivity index (χ0v) is 12.2. The van der Waals surface area contributed by atoms with E-state index in [0.717, 1.165) is 25.7 Å². The fraction of sp³-hybridized carbons (Fsp3) is 0.533. The average Bonchev–Trinajstić information content (AvgIpc) is 2.40. The molecule has 19 heavy (non-hydrogen) atoms. The van der Waals surface area contributed by atoms with E-state index in [0.29, 0.717) is 12.0 Å². The third kappa shape index (κ3) is 4.51. The number of amides is 1. The van der Waals surface area contributed by atoms with Crippen molar-refractivity contribution in [3.05, 3.63) is 35.9 Å². The second-order valence-corrected chi connectivity index (χ2v) is 5.26. The highest BCUT2D eigenvalue weighted by Crippen LogP contribution is 2.32. The van der Waals surface area contributed by atoms with Gasteiger partial charge in [-0.05, 0) is 44.1 Å². The van der Waals surface area contributed by atoms with Gasteiger partial charge in [0.1, 0.15) is 0 Å². The Balaban J connectivity index is 0.00000180. The molecule has 1 aromatic rings. The topological polar surface area (TPSA) is 55.1 Å². The summed E-state index contributed by atoms with van der Waals surface area (Å²) in [5.41, 5.74) is 6.98. The summed E-state index contributed by atoms with van der Waals surface area (Å²) in [5, 5.41) is 3.03. The fourth-order valence-electron chi connectivity index (χ4n) is 2.63. The van der Waals surface area contributed by atoms with Gasteiger partial charge in [0.15, 0.2) is 0 Å². The average molecular weight is 283 g/mol. The van der Waals surface area contributed by atoms with Crippen LogP contribution >= 0.6 is 12.4 Å². The number of hydrogen-bond acceptors (Lipinski definition) is 2. The smallest absolute Gasteiger partial charge is 0.236 e. The Morgan fingerprint density at radius 1 is 1.21 bits per heavy atom. The number of carbonyl (C=O) groups excluding carboxylic acids is 1. The van der Waals surface area contributed by atoms with Crippen LogP contribution in [0.5, 0.6) is 0 Å². The Morgan fingerprint density at radius 3 is 2.32 bits per heavy atom. The Labute approximate surface area is 121 Å². The van der Waals surface area contributed by atoms with Gasteiger partial charge in [0, 0.05) is 6.04 Å². The fourth-order valence-corrected chi connectivity index (χ4v) is 2.63. The molecule has 0 aromatic heterocycles. The Hall–Kier alpha value is -1.06. The first-order valence-electron chi connectivity index (χ1n) is 6.77. The molecular weight excluding hydrogens is 260 g/mol. The molecule has 0 heterocycles. The van der Waals surface area contributed by atoms with Crippen LogP contribution in [0.15, 0.2) is 30.3 Å². The van der Waals surface area contributed by atoms with Crippen molar-refractivity contribution in [3.63, 3.8) is 0 Å². The number of nitrogens with one attached hydrogen (secondary N) is 1. The molecule has 4 heteroatoms. The number of carbonyl (C=O) groups is 1. The van der Waals surface area contributed by atoms with E-state index in [1.165, 1.54) is 5.56 Å². The van der Waals surface area contributed by atoms with Crippen molar-refractivity contribution in [3.8, 4) is 0 Å². The minimum Gasteiger partial charge on any atom is -0.352 e. The van der Waals surface area contributed by atoms with Gasteiger partial charge in [-0.3, -0.25) is 4.79 Å². The van der Waals surface area contributed by atoms with Crippen LogP contribution in [-0.2, 0) is 4.79 Å². The second kappa shape index (κ2) is 7.51. The zero-order chi connectivity index (χ0) is 13.0. The molecule has 1 aromatic carbocycles. The van der Waals surface area contributed by atoms with Gasteiger partial charge in [0.2, 0.25) is 5.91 Å². The largest absolute Gasteiger partial charge is 0.352 e. The maximum absolute atomic E-state index is 11.5. The van der Waals surface area contributed by atoms with E-state index in [4.69, 9.17) is 5.73 Å². The summed E-state index contributed by atoms with van der Waals surface area (Å²) in [5.74, 6) is 0.618. The number of benzene rings is 1. The number of rotatable bonds is 3. The van der Waals surface area contributed by atoms with E-state index in [9.17, 15) is 4.79 Å². The van der Waals surface area contributed by atoms with Gasteiger partial charge in [-0.1, -0.05) is 30.3 Å². The molecule has 0 bridgehead atoms. The summed E-state index contributed by atoms with van der Waals surface area (Å²) >= 11 is 0. The molecule has 0 aliphatic heterocycles. The van der Waals surface area contributed by atoms with Crippen molar-refractivity contribution < 1.29 is 4.79 Å². The van der Waals surface area contributed by atoms with Gasteiger partial charge in [0.05, 0.1) is 6.04 Å². The van der Waals surface area contributed by atoms with Crippen LogP contribution in [0.1, 0.15) is 44.1 Å². The Morgan fingerprint density at radius 2 is 1.79 bits per heavy atom. The van der Waals surface area contributed by atoms with E-state index < -0.39 is 6.04 Å². The van der Waals surface area contributed by atoms with Crippen molar-refractivity contribution in [1.82, 2.24) is 5.32 Å². The monoisotopic (exact) mass is 282 g/mol. The van der Waals surface area contributed by atoms with Gasteiger partial charge in [-0.25, -0.2) is 0 Å². The molecule has 1 aliphatic rings. The van der Waals surface area contributed by atoms with Crippen molar-refractivity contribution in [1.29, 1.82) is 0 Å². The first kappa shape index (κ1) is 16.0. The van der Waals surface area contributed by atoms with Crippen LogP contribution in [0.2, 0.25) is 0 Å². The summed E-state index contributed by atoms with van der Waals surface area (Å²) in [7, 11) is 0. The minimum absolute atomic E-state index is 0.